The van der Waals surface area contributed by atoms with E-state index in [9.17, 15) is 34.5 Å². The molecule has 236 valence electrons. The highest BCUT2D eigenvalue weighted by molar-refractivity contribution is 5.86. The highest BCUT2D eigenvalue weighted by Gasteiger charge is 2.39. The summed E-state index contributed by atoms with van der Waals surface area (Å²) in [5.74, 6) is -4.25. The first kappa shape index (κ1) is 35.2. The van der Waals surface area contributed by atoms with Crippen LogP contribution in [0.2, 0.25) is 0 Å². The lowest BCUT2D eigenvalue weighted by atomic mass is 9.85. The second-order valence-electron chi connectivity index (χ2n) is 11.5. The molecule has 0 aromatic heterocycles. The first-order valence-corrected chi connectivity index (χ1v) is 14.5. The molecule has 0 heterocycles. The van der Waals surface area contributed by atoms with Gasteiger partial charge in [0, 0.05) is 0 Å². The minimum atomic E-state index is -1.66. The number of carbonyl (C=O) groups is 4. The lowest BCUT2D eigenvalue weighted by Crippen LogP contribution is -2.57. The number of benzene rings is 2. The van der Waals surface area contributed by atoms with Crippen LogP contribution in [0.25, 0.3) is 0 Å². The van der Waals surface area contributed by atoms with E-state index < -0.39 is 66.0 Å². The van der Waals surface area contributed by atoms with E-state index in [0.717, 1.165) is 5.56 Å². The van der Waals surface area contributed by atoms with E-state index in [1.54, 1.807) is 56.3 Å². The highest BCUT2D eigenvalue weighted by atomic mass is 16.5. The largest absolute Gasteiger partial charge is 0.480 e. The van der Waals surface area contributed by atoms with Crippen LogP contribution in [0.3, 0.4) is 0 Å². The van der Waals surface area contributed by atoms with Crippen molar-refractivity contribution < 1.29 is 39.2 Å². The number of carboxylic acids is 1. The highest BCUT2D eigenvalue weighted by Crippen LogP contribution is 2.21. The Kier molecular flexibility index (Phi) is 14.1. The number of nitrogens with one attached hydrogen (secondary N) is 3. The number of carboxylic acid groups (broad SMARTS) is 1. The molecule has 6 N–H and O–H groups in total. The zero-order valence-electron chi connectivity index (χ0n) is 25.4. The lowest BCUT2D eigenvalue weighted by molar-refractivity contribution is -0.146. The molecule has 0 aliphatic rings. The summed E-state index contributed by atoms with van der Waals surface area (Å²) in [6.45, 7) is 8.52. The van der Waals surface area contributed by atoms with Crippen LogP contribution in [-0.2, 0) is 32.1 Å². The van der Waals surface area contributed by atoms with Gasteiger partial charge in [-0.05, 0) is 42.7 Å². The Hall–Kier alpha value is -3.96. The fourth-order valence-electron chi connectivity index (χ4n) is 4.59. The molecule has 0 fully saturated rings. The minimum absolute atomic E-state index is 0.0168. The monoisotopic (exact) mass is 599 g/mol. The maximum Gasteiger partial charge on any atom is 0.408 e. The molecule has 11 nitrogen and oxygen atoms in total. The Balaban J connectivity index is 2.18. The quantitative estimate of drug-likeness (QED) is 0.171. The predicted octanol–water partition coefficient (Wildman–Crippen LogP) is 2.64. The normalized spacial score (nSPS) is 15.5. The topological polar surface area (TPSA) is 174 Å². The van der Waals surface area contributed by atoms with Gasteiger partial charge in [-0.25, -0.2) is 9.59 Å². The first-order chi connectivity index (χ1) is 20.3. The third-order valence-corrected chi connectivity index (χ3v) is 7.03. The number of aliphatic carboxylic acids is 1. The number of ether oxygens (including phenoxy) is 1. The van der Waals surface area contributed by atoms with E-state index >= 15 is 0 Å². The molecule has 0 spiro atoms. The summed E-state index contributed by atoms with van der Waals surface area (Å²) in [5.41, 5.74) is 1.47. The van der Waals surface area contributed by atoms with Gasteiger partial charge in [-0.3, -0.25) is 9.59 Å². The fourth-order valence-corrected chi connectivity index (χ4v) is 4.59. The number of rotatable bonds is 16. The van der Waals surface area contributed by atoms with Crippen molar-refractivity contribution in [2.24, 2.45) is 17.8 Å². The maximum absolute atomic E-state index is 13.4. The Morgan fingerprint density at radius 3 is 1.81 bits per heavy atom. The van der Waals surface area contributed by atoms with Gasteiger partial charge in [0.1, 0.15) is 24.8 Å². The molecule has 2 rings (SSSR count). The van der Waals surface area contributed by atoms with Crippen molar-refractivity contribution in [1.29, 1.82) is 0 Å². The van der Waals surface area contributed by atoms with Gasteiger partial charge in [0.05, 0.1) is 18.1 Å². The van der Waals surface area contributed by atoms with Gasteiger partial charge in [0.25, 0.3) is 0 Å². The van der Waals surface area contributed by atoms with Crippen LogP contribution in [0, 0.1) is 17.8 Å². The van der Waals surface area contributed by atoms with E-state index in [-0.39, 0.29) is 25.4 Å². The molecule has 0 bridgehead atoms. The molecule has 3 amide bonds. The van der Waals surface area contributed by atoms with Crippen molar-refractivity contribution in [2.75, 3.05) is 0 Å². The summed E-state index contributed by atoms with van der Waals surface area (Å²) in [4.78, 5) is 50.4. The van der Waals surface area contributed by atoms with Crippen LogP contribution in [-0.4, -0.2) is 69.5 Å². The molecule has 2 aromatic carbocycles. The summed E-state index contributed by atoms with van der Waals surface area (Å²) in [5, 5.41) is 39.9. The molecule has 6 atom stereocenters. The molecule has 11 heteroatoms. The first-order valence-electron chi connectivity index (χ1n) is 14.5. The number of hydrogen-bond acceptors (Lipinski definition) is 7. The number of amides is 3. The Labute approximate surface area is 253 Å². The standard InChI is InChI=1S/C32H45N3O8/c1-19(2)16-25(34-29(38)21(5)33-32(42)43-18-23-14-10-7-11-15-23)28(37)27(36)24(17-22-12-8-6-9-13-22)30(39)35-26(20(3)4)31(40)41/h6-15,19-21,24-28,36-37H,16-18H2,1-5H3,(H,33,42)(H,34,38)(H,35,39)(H,40,41)/t21-,24?,25?,26-,27?,28?/m0/s1. The van der Waals surface area contributed by atoms with Crippen molar-refractivity contribution in [3.05, 3.63) is 71.8 Å². The van der Waals surface area contributed by atoms with Crippen molar-refractivity contribution in [3.8, 4) is 0 Å². The van der Waals surface area contributed by atoms with Gasteiger partial charge in [-0.15, -0.1) is 0 Å². The molecule has 2 aromatic rings. The summed E-state index contributed by atoms with van der Waals surface area (Å²) in [6.07, 6.45) is -3.79. The molecular weight excluding hydrogens is 554 g/mol. The predicted molar refractivity (Wildman–Crippen MR) is 161 cm³/mol. The van der Waals surface area contributed by atoms with Crippen molar-refractivity contribution in [2.45, 2.75) is 84.4 Å². The van der Waals surface area contributed by atoms with Crippen molar-refractivity contribution >= 4 is 23.9 Å². The number of hydrogen-bond donors (Lipinski definition) is 6. The second kappa shape index (κ2) is 17.2. The van der Waals surface area contributed by atoms with Gasteiger partial charge >= 0.3 is 12.1 Å². The summed E-state index contributed by atoms with van der Waals surface area (Å²) in [7, 11) is 0. The van der Waals surface area contributed by atoms with Crippen molar-refractivity contribution in [1.82, 2.24) is 16.0 Å². The van der Waals surface area contributed by atoms with Crippen molar-refractivity contribution in [3.63, 3.8) is 0 Å². The van der Waals surface area contributed by atoms with Gasteiger partial charge in [0.2, 0.25) is 11.8 Å². The van der Waals surface area contributed by atoms with Crippen LogP contribution >= 0.6 is 0 Å². The van der Waals surface area contributed by atoms with Crippen LogP contribution in [0.15, 0.2) is 60.7 Å². The Morgan fingerprint density at radius 2 is 1.30 bits per heavy atom. The van der Waals surface area contributed by atoms with Crippen LogP contribution in [0.5, 0.6) is 0 Å². The fraction of sp³-hybridized carbons (Fsp3) is 0.500. The lowest BCUT2D eigenvalue weighted by Gasteiger charge is -2.34. The molecule has 0 aliphatic carbocycles. The third-order valence-electron chi connectivity index (χ3n) is 7.03. The van der Waals surface area contributed by atoms with Crippen LogP contribution in [0.1, 0.15) is 52.2 Å². The SMILES string of the molecule is CC(C)CC(NC(=O)[C@H](C)NC(=O)OCc1ccccc1)C(O)C(O)C(Cc1ccccc1)C(=O)N[C@H](C(=O)O)C(C)C. The van der Waals surface area contributed by atoms with Gasteiger partial charge in [-0.2, -0.15) is 0 Å². The Morgan fingerprint density at radius 1 is 0.744 bits per heavy atom. The average molecular weight is 600 g/mol. The number of aliphatic hydroxyl groups excluding tert-OH is 2. The summed E-state index contributed by atoms with van der Waals surface area (Å²) >= 11 is 0. The van der Waals surface area contributed by atoms with Gasteiger partial charge in [0.15, 0.2) is 0 Å². The molecular formula is C32H45N3O8. The van der Waals surface area contributed by atoms with E-state index in [4.69, 9.17) is 4.74 Å². The number of carbonyl (C=O) groups excluding carboxylic acids is 3. The molecule has 4 unspecified atom stereocenters. The second-order valence-corrected chi connectivity index (χ2v) is 11.5. The van der Waals surface area contributed by atoms with E-state index in [1.807, 2.05) is 32.0 Å². The number of aliphatic hydroxyl groups is 2. The third kappa shape index (κ3) is 11.7. The molecule has 0 aliphatic heterocycles. The number of alkyl carbamates (subject to hydrolysis) is 1. The van der Waals surface area contributed by atoms with Crippen LogP contribution < -0.4 is 16.0 Å². The van der Waals surface area contributed by atoms with Crippen LogP contribution in [0.4, 0.5) is 4.79 Å². The molecule has 0 saturated carbocycles. The smallest absolute Gasteiger partial charge is 0.408 e. The zero-order chi connectivity index (χ0) is 32.1. The molecule has 43 heavy (non-hydrogen) atoms. The van der Waals surface area contributed by atoms with E-state index in [0.29, 0.717) is 5.56 Å². The zero-order valence-corrected chi connectivity index (χ0v) is 25.4. The Bertz CT molecular complexity index is 1180. The summed E-state index contributed by atoms with van der Waals surface area (Å²) in [6, 6.07) is 14.7. The molecule has 0 saturated heterocycles. The van der Waals surface area contributed by atoms with E-state index in [2.05, 4.69) is 16.0 Å². The molecule has 0 radical (unpaired) electrons. The van der Waals surface area contributed by atoms with Gasteiger partial charge in [-0.1, -0.05) is 88.4 Å². The van der Waals surface area contributed by atoms with E-state index in [1.165, 1.54) is 6.92 Å². The minimum Gasteiger partial charge on any atom is -0.480 e. The summed E-state index contributed by atoms with van der Waals surface area (Å²) < 4.78 is 5.18. The maximum atomic E-state index is 13.4. The average Bonchev–Trinajstić information content (AvgIpc) is 2.96. The van der Waals surface area contributed by atoms with Gasteiger partial charge < -0.3 is 36.0 Å².